The molecule has 0 atom stereocenters. The van der Waals surface area contributed by atoms with Gasteiger partial charge in [-0.15, -0.1) is 0 Å². The van der Waals surface area contributed by atoms with Gasteiger partial charge in [-0.05, 0) is 48.9 Å². The third-order valence-electron chi connectivity index (χ3n) is 5.22. The van der Waals surface area contributed by atoms with Crippen LogP contribution in [0.3, 0.4) is 0 Å². The Morgan fingerprint density at radius 3 is 2.57 bits per heavy atom. The van der Waals surface area contributed by atoms with Gasteiger partial charge in [0.25, 0.3) is 5.91 Å². The van der Waals surface area contributed by atoms with Gasteiger partial charge < -0.3 is 14.9 Å². The quantitative estimate of drug-likeness (QED) is 0.452. The Morgan fingerprint density at radius 2 is 1.93 bits per heavy atom. The van der Waals surface area contributed by atoms with Crippen LogP contribution in [0.4, 0.5) is 5.69 Å². The number of nitrogens with one attached hydrogen (secondary N) is 1. The fourth-order valence-corrected chi connectivity index (χ4v) is 3.87. The third-order valence-corrected chi connectivity index (χ3v) is 5.53. The van der Waals surface area contributed by atoms with Gasteiger partial charge in [0.15, 0.2) is 5.76 Å². The van der Waals surface area contributed by atoms with Crippen molar-refractivity contribution in [3.8, 4) is 11.1 Å². The second kappa shape index (κ2) is 6.24. The first-order chi connectivity index (χ1) is 13.5. The van der Waals surface area contributed by atoms with Crippen LogP contribution in [-0.4, -0.2) is 16.2 Å². The second-order valence-electron chi connectivity index (χ2n) is 7.28. The molecule has 1 amide bonds. The monoisotopic (exact) mass is 392 g/mol. The molecule has 0 unspecified atom stereocenters. The number of halogens is 1. The Bertz CT molecular complexity index is 1140. The van der Waals surface area contributed by atoms with Crippen molar-refractivity contribution in [3.05, 3.63) is 70.1 Å². The van der Waals surface area contributed by atoms with Gasteiger partial charge in [-0.3, -0.25) is 4.79 Å². The third kappa shape index (κ3) is 2.79. The first-order valence-corrected chi connectivity index (χ1v) is 9.51. The minimum Gasteiger partial charge on any atom is -0.504 e. The molecule has 5 rings (SSSR count). The van der Waals surface area contributed by atoms with Crippen molar-refractivity contribution >= 4 is 34.5 Å². The molecule has 140 valence electrons. The van der Waals surface area contributed by atoms with Crippen LogP contribution < -0.4 is 5.32 Å². The Hall–Kier alpha value is -3.05. The molecule has 0 saturated heterocycles. The zero-order valence-electron chi connectivity index (χ0n) is 15.1. The van der Waals surface area contributed by atoms with E-state index in [1.807, 2.05) is 6.07 Å². The molecule has 0 spiro atoms. The number of nitrogens with zero attached hydrogens (tertiary/aromatic N) is 1. The lowest BCUT2D eigenvalue weighted by Gasteiger charge is -2.09. The highest BCUT2D eigenvalue weighted by Gasteiger charge is 2.31. The highest BCUT2D eigenvalue weighted by atomic mass is 35.5. The summed E-state index contributed by atoms with van der Waals surface area (Å²) in [5, 5.41) is 17.7. The largest absolute Gasteiger partial charge is 0.504 e. The molecule has 1 aliphatic heterocycles. The highest BCUT2D eigenvalue weighted by molar-refractivity contribution is 6.38. The lowest BCUT2D eigenvalue weighted by atomic mass is 9.97. The number of carbonyl (C=O) groups is 1. The van der Waals surface area contributed by atoms with Crippen LogP contribution in [-0.2, 0) is 4.79 Å². The molecule has 1 fully saturated rings. The van der Waals surface area contributed by atoms with Crippen LogP contribution in [0.1, 0.15) is 41.3 Å². The summed E-state index contributed by atoms with van der Waals surface area (Å²) in [6.07, 6.45) is 2.50. The number of aromatic nitrogens is 1. The topological polar surface area (TPSA) is 75.4 Å². The standard InChI is InChI=1S/C22H17ClN2O3/c1-11-8-19(28-25-11)21(26)20-16-9-15(17(23)10-18(16)24-22(20)27)14-6-4-13(5-7-14)12-2-3-12/h4-10,12,26H,2-3H2,1H3,(H,24,27). The van der Waals surface area contributed by atoms with E-state index in [0.29, 0.717) is 27.9 Å². The van der Waals surface area contributed by atoms with Crippen LogP contribution >= 0.6 is 11.6 Å². The van der Waals surface area contributed by atoms with E-state index in [1.54, 1.807) is 19.1 Å². The Kier molecular flexibility index (Phi) is 3.81. The van der Waals surface area contributed by atoms with Crippen molar-refractivity contribution in [2.75, 3.05) is 5.32 Å². The Labute approximate surface area is 166 Å². The molecule has 5 nitrogen and oxygen atoms in total. The van der Waals surface area contributed by atoms with Gasteiger partial charge in [0.05, 0.1) is 22.0 Å². The van der Waals surface area contributed by atoms with Crippen LogP contribution in [0.5, 0.6) is 0 Å². The number of hydrogen-bond donors (Lipinski definition) is 2. The molecule has 2 heterocycles. The fourth-order valence-electron chi connectivity index (χ4n) is 3.60. The summed E-state index contributed by atoms with van der Waals surface area (Å²) in [6, 6.07) is 13.5. The fraction of sp³-hybridized carbons (Fsp3) is 0.182. The average molecular weight is 393 g/mol. The predicted octanol–water partition coefficient (Wildman–Crippen LogP) is 5.56. The molecule has 28 heavy (non-hydrogen) atoms. The van der Waals surface area contributed by atoms with E-state index in [2.05, 4.69) is 34.7 Å². The molecule has 6 heteroatoms. The van der Waals surface area contributed by atoms with Crippen LogP contribution in [0, 0.1) is 6.92 Å². The van der Waals surface area contributed by atoms with Crippen molar-refractivity contribution in [1.29, 1.82) is 0 Å². The maximum atomic E-state index is 12.5. The van der Waals surface area contributed by atoms with Crippen molar-refractivity contribution < 1.29 is 14.4 Å². The predicted molar refractivity (Wildman–Crippen MR) is 108 cm³/mol. The Morgan fingerprint density at radius 1 is 1.18 bits per heavy atom. The summed E-state index contributed by atoms with van der Waals surface area (Å²) in [4.78, 5) is 12.5. The second-order valence-corrected chi connectivity index (χ2v) is 7.69. The molecule has 2 N–H and O–H groups in total. The average Bonchev–Trinajstić information content (AvgIpc) is 3.36. The van der Waals surface area contributed by atoms with Gasteiger partial charge in [-0.25, -0.2) is 0 Å². The summed E-state index contributed by atoms with van der Waals surface area (Å²) >= 11 is 6.49. The molecular weight excluding hydrogens is 376 g/mol. The molecule has 1 saturated carbocycles. The van der Waals surface area contributed by atoms with E-state index in [4.69, 9.17) is 16.1 Å². The van der Waals surface area contributed by atoms with Gasteiger partial charge >= 0.3 is 0 Å². The summed E-state index contributed by atoms with van der Waals surface area (Å²) in [6.45, 7) is 1.75. The van der Waals surface area contributed by atoms with Gasteiger partial charge in [0.2, 0.25) is 5.76 Å². The number of benzene rings is 2. The smallest absolute Gasteiger partial charge is 0.260 e. The number of hydrogen-bond acceptors (Lipinski definition) is 4. The van der Waals surface area contributed by atoms with E-state index >= 15 is 0 Å². The minimum atomic E-state index is -0.404. The normalized spacial score (nSPS) is 17.4. The maximum absolute atomic E-state index is 12.5. The zero-order valence-corrected chi connectivity index (χ0v) is 15.9. The van der Waals surface area contributed by atoms with Gasteiger partial charge in [0.1, 0.15) is 0 Å². The lowest BCUT2D eigenvalue weighted by Crippen LogP contribution is -2.05. The molecule has 3 aromatic rings. The zero-order chi connectivity index (χ0) is 19.4. The van der Waals surface area contributed by atoms with Crippen molar-refractivity contribution in [1.82, 2.24) is 5.16 Å². The van der Waals surface area contributed by atoms with Gasteiger partial charge in [-0.2, -0.15) is 0 Å². The number of aryl methyl sites for hydroxylation is 1. The van der Waals surface area contributed by atoms with E-state index in [-0.39, 0.29) is 17.1 Å². The summed E-state index contributed by atoms with van der Waals surface area (Å²) in [7, 11) is 0. The van der Waals surface area contributed by atoms with Crippen molar-refractivity contribution in [2.45, 2.75) is 25.7 Å². The first-order valence-electron chi connectivity index (χ1n) is 9.14. The van der Waals surface area contributed by atoms with Crippen molar-refractivity contribution in [3.63, 3.8) is 0 Å². The molecule has 1 aromatic heterocycles. The number of amides is 1. The SMILES string of the molecule is Cc1cc(C(O)=C2C(=O)Nc3cc(Cl)c(-c4ccc(C5CC5)cc4)cc32)on1. The first kappa shape index (κ1) is 17.1. The van der Waals surface area contributed by atoms with Crippen LogP contribution in [0.2, 0.25) is 5.02 Å². The number of rotatable bonds is 3. The maximum Gasteiger partial charge on any atom is 0.260 e. The van der Waals surface area contributed by atoms with Crippen molar-refractivity contribution in [2.24, 2.45) is 0 Å². The molecule has 2 aliphatic rings. The summed E-state index contributed by atoms with van der Waals surface area (Å²) in [5.74, 6) is 0.192. The van der Waals surface area contributed by atoms with Crippen LogP contribution in [0.15, 0.2) is 47.0 Å². The van der Waals surface area contributed by atoms with Crippen LogP contribution in [0.25, 0.3) is 22.5 Å². The molecular formula is C22H17ClN2O3. The van der Waals surface area contributed by atoms with E-state index in [9.17, 15) is 9.90 Å². The van der Waals surface area contributed by atoms with Gasteiger partial charge in [-0.1, -0.05) is 41.0 Å². The number of aliphatic hydroxyl groups excluding tert-OH is 1. The molecule has 0 bridgehead atoms. The lowest BCUT2D eigenvalue weighted by molar-refractivity contribution is -0.110. The summed E-state index contributed by atoms with van der Waals surface area (Å²) in [5.41, 5.74) is 5.03. The molecule has 0 radical (unpaired) electrons. The number of fused-ring (bicyclic) bond motifs is 1. The number of carbonyl (C=O) groups excluding carboxylic acids is 1. The van der Waals surface area contributed by atoms with E-state index < -0.39 is 5.91 Å². The van der Waals surface area contributed by atoms with Gasteiger partial charge in [0, 0.05) is 17.2 Å². The highest BCUT2D eigenvalue weighted by Crippen LogP contribution is 2.43. The molecule has 2 aromatic carbocycles. The molecule has 1 aliphatic carbocycles. The summed E-state index contributed by atoms with van der Waals surface area (Å²) < 4.78 is 5.12. The number of anilines is 1. The van der Waals surface area contributed by atoms with E-state index in [0.717, 1.165) is 11.1 Å². The minimum absolute atomic E-state index is 0.152. The van der Waals surface area contributed by atoms with E-state index in [1.165, 1.54) is 18.4 Å². The Balaban J connectivity index is 1.62. The number of aliphatic hydroxyl groups is 1.